The molecule has 7 heteroatoms. The fraction of sp³-hybridized carbons (Fsp3) is 0.263. The second-order valence-electron chi connectivity index (χ2n) is 5.15. The van der Waals surface area contributed by atoms with E-state index in [0.29, 0.717) is 30.5 Å². The predicted molar refractivity (Wildman–Crippen MR) is 98.5 cm³/mol. The normalized spacial score (nSPS) is 10.6. The van der Waals surface area contributed by atoms with E-state index in [1.807, 2.05) is 13.8 Å². The maximum Gasteiger partial charge on any atom is 0.275 e. The van der Waals surface area contributed by atoms with Crippen LogP contribution in [0.3, 0.4) is 0 Å². The molecule has 0 aliphatic rings. The summed E-state index contributed by atoms with van der Waals surface area (Å²) in [6, 6.07) is 9.76. The molecule has 0 atom stereocenters. The Balaban J connectivity index is 2.07. The Morgan fingerprint density at radius 2 is 1.85 bits per heavy atom. The predicted octanol–water partition coefficient (Wildman–Crippen LogP) is 2.96. The lowest BCUT2D eigenvalue weighted by Crippen LogP contribution is -2.17. The minimum atomic E-state index is -0.530. The summed E-state index contributed by atoms with van der Waals surface area (Å²) in [5, 5.41) is 13.8. The van der Waals surface area contributed by atoms with Crippen LogP contribution in [0.15, 0.2) is 41.5 Å². The number of carbonyl (C=O) groups is 1. The summed E-state index contributed by atoms with van der Waals surface area (Å²) in [5.74, 6) is 1.01. The highest BCUT2D eigenvalue weighted by Gasteiger charge is 2.11. The molecule has 2 rings (SSSR count). The van der Waals surface area contributed by atoms with Gasteiger partial charge in [0.2, 0.25) is 0 Å². The zero-order valence-electron chi connectivity index (χ0n) is 15.0. The maximum absolute atomic E-state index is 12.1. The molecule has 0 aromatic heterocycles. The van der Waals surface area contributed by atoms with Gasteiger partial charge < -0.3 is 19.3 Å². The van der Waals surface area contributed by atoms with E-state index >= 15 is 0 Å². The van der Waals surface area contributed by atoms with Gasteiger partial charge in [-0.1, -0.05) is 0 Å². The van der Waals surface area contributed by atoms with Gasteiger partial charge in [-0.25, -0.2) is 5.43 Å². The van der Waals surface area contributed by atoms with Crippen molar-refractivity contribution in [1.82, 2.24) is 5.43 Å². The molecule has 1 amide bonds. The second kappa shape index (κ2) is 9.31. The molecular formula is C19H22N2O5. The number of rotatable bonds is 8. The fourth-order valence-corrected chi connectivity index (χ4v) is 2.20. The quantitative estimate of drug-likeness (QED) is 0.559. The van der Waals surface area contributed by atoms with Gasteiger partial charge in [0, 0.05) is 6.07 Å². The lowest BCUT2D eigenvalue weighted by atomic mass is 10.2. The number of benzene rings is 2. The van der Waals surface area contributed by atoms with E-state index in [1.54, 1.807) is 24.3 Å². The Hall–Kier alpha value is -3.22. The first-order chi connectivity index (χ1) is 12.6. The lowest BCUT2D eigenvalue weighted by molar-refractivity contribution is 0.0952. The average molecular weight is 358 g/mol. The van der Waals surface area contributed by atoms with Crippen LogP contribution >= 0.6 is 0 Å². The van der Waals surface area contributed by atoms with Gasteiger partial charge in [-0.15, -0.1) is 0 Å². The van der Waals surface area contributed by atoms with E-state index in [4.69, 9.17) is 14.2 Å². The first-order valence-electron chi connectivity index (χ1n) is 8.19. The van der Waals surface area contributed by atoms with Crippen LogP contribution in [0.5, 0.6) is 23.0 Å². The van der Waals surface area contributed by atoms with Crippen molar-refractivity contribution in [2.45, 2.75) is 13.8 Å². The van der Waals surface area contributed by atoms with Crippen LogP contribution in [0.4, 0.5) is 0 Å². The summed E-state index contributed by atoms with van der Waals surface area (Å²) in [4.78, 5) is 12.1. The van der Waals surface area contributed by atoms with E-state index < -0.39 is 5.91 Å². The number of hydrogen-bond donors (Lipinski definition) is 2. The molecule has 0 aliphatic heterocycles. The van der Waals surface area contributed by atoms with Crippen LogP contribution in [0.25, 0.3) is 0 Å². The second-order valence-corrected chi connectivity index (χ2v) is 5.15. The monoisotopic (exact) mass is 358 g/mol. The number of ether oxygens (including phenoxy) is 3. The molecule has 2 N–H and O–H groups in total. The molecule has 0 saturated carbocycles. The van der Waals surface area contributed by atoms with Crippen LogP contribution < -0.4 is 19.6 Å². The number of aromatic hydroxyl groups is 1. The molecule has 26 heavy (non-hydrogen) atoms. The highest BCUT2D eigenvalue weighted by Crippen LogP contribution is 2.28. The van der Waals surface area contributed by atoms with Crippen LogP contribution in [-0.2, 0) is 0 Å². The zero-order valence-corrected chi connectivity index (χ0v) is 15.0. The topological polar surface area (TPSA) is 89.4 Å². The van der Waals surface area contributed by atoms with Crippen LogP contribution in [0, 0.1) is 0 Å². The van der Waals surface area contributed by atoms with Gasteiger partial charge in [0.25, 0.3) is 5.91 Å². The summed E-state index contributed by atoms with van der Waals surface area (Å²) >= 11 is 0. The number of nitrogens with zero attached hydrogens (tertiary/aromatic N) is 1. The molecule has 0 fully saturated rings. The van der Waals surface area contributed by atoms with Gasteiger partial charge in [0.1, 0.15) is 11.5 Å². The standard InChI is InChI=1S/C19H22N2O5/c1-4-25-17-9-6-13(10-18(17)26-5-2)12-20-21-19(23)15-8-7-14(24-3)11-16(15)22/h6-12,22H,4-5H2,1-3H3,(H,21,23)/b20-12-. The maximum atomic E-state index is 12.1. The third-order valence-corrected chi connectivity index (χ3v) is 3.40. The summed E-state index contributed by atoms with van der Waals surface area (Å²) in [6.45, 7) is 4.83. The smallest absolute Gasteiger partial charge is 0.275 e. The number of phenols is 1. The lowest BCUT2D eigenvalue weighted by Gasteiger charge is -2.11. The van der Waals surface area contributed by atoms with E-state index in [9.17, 15) is 9.90 Å². The average Bonchev–Trinajstić information content (AvgIpc) is 2.63. The Labute approximate surface area is 152 Å². The Morgan fingerprint density at radius 1 is 1.12 bits per heavy atom. The number of phenolic OH excluding ortho intramolecular Hbond substituents is 1. The van der Waals surface area contributed by atoms with Gasteiger partial charge >= 0.3 is 0 Å². The van der Waals surface area contributed by atoms with Gasteiger partial charge in [-0.2, -0.15) is 5.10 Å². The molecule has 7 nitrogen and oxygen atoms in total. The molecule has 2 aromatic carbocycles. The molecule has 0 aliphatic carbocycles. The zero-order chi connectivity index (χ0) is 18.9. The van der Waals surface area contributed by atoms with Gasteiger partial charge in [-0.3, -0.25) is 4.79 Å². The van der Waals surface area contributed by atoms with Crippen molar-refractivity contribution in [3.05, 3.63) is 47.5 Å². The number of hydrazone groups is 1. The molecule has 0 saturated heterocycles. The number of methoxy groups -OCH3 is 1. The summed E-state index contributed by atoms with van der Waals surface area (Å²) in [6.07, 6.45) is 1.48. The number of carbonyl (C=O) groups excluding carboxylic acids is 1. The molecule has 0 heterocycles. The number of nitrogens with one attached hydrogen (secondary N) is 1. The van der Waals surface area contributed by atoms with Gasteiger partial charge in [0.05, 0.1) is 32.1 Å². The molecule has 2 aromatic rings. The van der Waals surface area contributed by atoms with Crippen LogP contribution in [0.1, 0.15) is 29.8 Å². The molecule has 0 unspecified atom stereocenters. The Morgan fingerprint density at radius 3 is 2.50 bits per heavy atom. The van der Waals surface area contributed by atoms with Crippen molar-refractivity contribution in [1.29, 1.82) is 0 Å². The number of hydrogen-bond acceptors (Lipinski definition) is 6. The first kappa shape index (κ1) is 19.1. The number of amides is 1. The largest absolute Gasteiger partial charge is 0.507 e. The van der Waals surface area contributed by atoms with E-state index in [-0.39, 0.29) is 11.3 Å². The van der Waals surface area contributed by atoms with Crippen molar-refractivity contribution in [3.8, 4) is 23.0 Å². The molecular weight excluding hydrogens is 336 g/mol. The molecule has 0 spiro atoms. The van der Waals surface area contributed by atoms with E-state index in [1.165, 1.54) is 25.5 Å². The minimum Gasteiger partial charge on any atom is -0.507 e. The summed E-state index contributed by atoms with van der Waals surface area (Å²) in [7, 11) is 1.48. The Bertz CT molecular complexity index is 789. The van der Waals surface area contributed by atoms with Crippen LogP contribution in [-0.4, -0.2) is 37.6 Å². The highest BCUT2D eigenvalue weighted by atomic mass is 16.5. The molecule has 0 radical (unpaired) electrons. The SMILES string of the molecule is CCOc1ccc(/C=N\NC(=O)c2ccc(OC)cc2O)cc1OCC. The van der Waals surface area contributed by atoms with Crippen molar-refractivity contribution >= 4 is 12.1 Å². The van der Waals surface area contributed by atoms with Gasteiger partial charge in [0.15, 0.2) is 11.5 Å². The first-order valence-corrected chi connectivity index (χ1v) is 8.19. The Kier molecular flexibility index (Phi) is 6.84. The fourth-order valence-electron chi connectivity index (χ4n) is 2.20. The van der Waals surface area contributed by atoms with Crippen molar-refractivity contribution < 1.29 is 24.1 Å². The van der Waals surface area contributed by atoms with Gasteiger partial charge in [-0.05, 0) is 49.7 Å². The minimum absolute atomic E-state index is 0.102. The van der Waals surface area contributed by atoms with Crippen molar-refractivity contribution in [2.75, 3.05) is 20.3 Å². The third kappa shape index (κ3) is 4.89. The van der Waals surface area contributed by atoms with Crippen molar-refractivity contribution in [2.24, 2.45) is 5.10 Å². The molecule has 0 bridgehead atoms. The van der Waals surface area contributed by atoms with E-state index in [2.05, 4.69) is 10.5 Å². The van der Waals surface area contributed by atoms with Crippen LogP contribution in [0.2, 0.25) is 0 Å². The van der Waals surface area contributed by atoms with E-state index in [0.717, 1.165) is 5.56 Å². The summed E-state index contributed by atoms with van der Waals surface area (Å²) in [5.41, 5.74) is 3.21. The third-order valence-electron chi connectivity index (χ3n) is 3.40. The molecule has 138 valence electrons. The van der Waals surface area contributed by atoms with Crippen molar-refractivity contribution in [3.63, 3.8) is 0 Å². The summed E-state index contributed by atoms with van der Waals surface area (Å²) < 4.78 is 16.0. The highest BCUT2D eigenvalue weighted by molar-refractivity contribution is 5.97.